The Morgan fingerprint density at radius 3 is 2.61 bits per heavy atom. The quantitative estimate of drug-likeness (QED) is 0.291. The minimum absolute atomic E-state index is 0.0000955. The Hall–Kier alpha value is -3.91. The molecule has 41 heavy (non-hydrogen) atoms. The summed E-state index contributed by atoms with van der Waals surface area (Å²) in [6.07, 6.45) is -0.818. The van der Waals surface area contributed by atoms with E-state index in [1.54, 1.807) is 24.3 Å². The first-order valence-corrected chi connectivity index (χ1v) is 13.9. The highest BCUT2D eigenvalue weighted by Crippen LogP contribution is 2.25. The molecule has 1 aromatic heterocycles. The summed E-state index contributed by atoms with van der Waals surface area (Å²) in [7, 11) is 0. The topological polar surface area (TPSA) is 123 Å². The number of nitrogens with one attached hydrogen (secondary N) is 1. The average Bonchev–Trinajstić information content (AvgIpc) is 3.41. The zero-order chi connectivity index (χ0) is 29.0. The molecule has 0 spiro atoms. The fourth-order valence-corrected chi connectivity index (χ4v) is 4.40. The summed E-state index contributed by atoms with van der Waals surface area (Å²) in [5.74, 6) is -0.614. The van der Waals surface area contributed by atoms with Crippen molar-refractivity contribution in [3.05, 3.63) is 65.9 Å². The van der Waals surface area contributed by atoms with Gasteiger partial charge in [0.05, 0.1) is 32.5 Å². The molecular weight excluding hydrogens is 526 g/mol. The summed E-state index contributed by atoms with van der Waals surface area (Å²) >= 11 is 0. The normalized spacial score (nSPS) is 15.3. The minimum Gasteiger partial charge on any atom is -0.492 e. The maximum Gasteiger partial charge on any atom is 0.375 e. The molecule has 4 rings (SSSR count). The second kappa shape index (κ2) is 15.2. The average molecular weight is 564 g/mol. The molecular formula is C31H37N3O7. The number of hydrogen-bond donors (Lipinski definition) is 1. The molecule has 0 bridgehead atoms. The molecule has 1 amide bonds. The molecule has 1 aliphatic rings. The second-order valence-corrected chi connectivity index (χ2v) is 10.3. The van der Waals surface area contributed by atoms with E-state index in [-0.39, 0.29) is 24.7 Å². The van der Waals surface area contributed by atoms with Gasteiger partial charge < -0.3 is 28.7 Å². The van der Waals surface area contributed by atoms with Crippen LogP contribution in [-0.2, 0) is 25.6 Å². The highest BCUT2D eigenvalue weighted by molar-refractivity contribution is 5.94. The maximum atomic E-state index is 13.0. The molecule has 2 atom stereocenters. The van der Waals surface area contributed by atoms with Gasteiger partial charge in [-0.15, -0.1) is 0 Å². The molecule has 1 aliphatic heterocycles. The van der Waals surface area contributed by atoms with Crippen LogP contribution in [0.3, 0.4) is 0 Å². The Kier molecular flexibility index (Phi) is 11.1. The molecule has 10 heteroatoms. The van der Waals surface area contributed by atoms with Crippen molar-refractivity contribution in [1.82, 2.24) is 10.2 Å². The van der Waals surface area contributed by atoms with E-state index < -0.39 is 24.0 Å². The predicted molar refractivity (Wildman–Crippen MR) is 151 cm³/mol. The van der Waals surface area contributed by atoms with Gasteiger partial charge in [0, 0.05) is 25.0 Å². The van der Waals surface area contributed by atoms with Gasteiger partial charge >= 0.3 is 5.97 Å². The van der Waals surface area contributed by atoms with E-state index in [0.717, 1.165) is 38.4 Å². The van der Waals surface area contributed by atoms with Gasteiger partial charge in [-0.2, -0.15) is 5.26 Å². The fourth-order valence-electron chi connectivity index (χ4n) is 4.40. The smallest absolute Gasteiger partial charge is 0.375 e. The number of furan rings is 1. The van der Waals surface area contributed by atoms with Gasteiger partial charge in [0.2, 0.25) is 5.76 Å². The standard InChI is InChI=1S/C31H37N3O7/c1-22(2)16-28(30(35)33-25(19-32)21-38-20-23-6-4-3-5-7-23)41-31(36)29-18-24-17-26(8-9-27(24)40-29)39-15-12-34-10-13-37-14-11-34/h3-9,17-18,22,25,28H,10-16,20-21H2,1-2H3,(H,33,35). The lowest BCUT2D eigenvalue weighted by Crippen LogP contribution is -2.45. The van der Waals surface area contributed by atoms with E-state index in [1.807, 2.05) is 50.2 Å². The summed E-state index contributed by atoms with van der Waals surface area (Å²) in [4.78, 5) is 28.3. The molecule has 3 aromatic rings. The van der Waals surface area contributed by atoms with E-state index >= 15 is 0 Å². The van der Waals surface area contributed by atoms with Crippen molar-refractivity contribution in [1.29, 1.82) is 5.26 Å². The maximum absolute atomic E-state index is 13.0. The zero-order valence-corrected chi connectivity index (χ0v) is 23.5. The van der Waals surface area contributed by atoms with E-state index in [4.69, 9.17) is 23.4 Å². The molecule has 2 heterocycles. The van der Waals surface area contributed by atoms with Crippen molar-refractivity contribution in [2.24, 2.45) is 5.92 Å². The first-order valence-electron chi connectivity index (χ1n) is 13.9. The van der Waals surface area contributed by atoms with Crippen molar-refractivity contribution in [2.45, 2.75) is 39.0 Å². The van der Waals surface area contributed by atoms with Crippen molar-refractivity contribution >= 4 is 22.8 Å². The first kappa shape index (κ1) is 30.1. The number of morpholine rings is 1. The molecule has 2 unspecified atom stereocenters. The molecule has 0 radical (unpaired) electrons. The fraction of sp³-hybridized carbons (Fsp3) is 0.452. The Balaban J connectivity index is 1.32. The van der Waals surface area contributed by atoms with Gasteiger partial charge in [-0.3, -0.25) is 9.69 Å². The number of carbonyl (C=O) groups is 2. The first-order chi connectivity index (χ1) is 19.9. The number of carbonyl (C=O) groups excluding carboxylic acids is 2. The number of fused-ring (bicyclic) bond motifs is 1. The number of nitriles is 1. The summed E-state index contributed by atoms with van der Waals surface area (Å²) in [5.41, 5.74) is 1.46. The number of esters is 1. The monoisotopic (exact) mass is 563 g/mol. The van der Waals surface area contributed by atoms with Crippen LogP contribution in [0.5, 0.6) is 5.75 Å². The summed E-state index contributed by atoms with van der Waals surface area (Å²) in [5, 5.41) is 12.9. The van der Waals surface area contributed by atoms with E-state index in [9.17, 15) is 14.9 Å². The Morgan fingerprint density at radius 2 is 1.88 bits per heavy atom. The molecule has 218 valence electrons. The highest BCUT2D eigenvalue weighted by Gasteiger charge is 2.28. The Labute approximate surface area is 240 Å². The van der Waals surface area contributed by atoms with Gasteiger partial charge in [-0.25, -0.2) is 4.79 Å². The molecule has 0 aliphatic carbocycles. The number of benzene rings is 2. The third-order valence-electron chi connectivity index (χ3n) is 6.56. The summed E-state index contributed by atoms with van der Waals surface area (Å²) in [6.45, 7) is 8.74. The van der Waals surface area contributed by atoms with Gasteiger partial charge in [0.1, 0.15) is 24.0 Å². The minimum atomic E-state index is -1.10. The van der Waals surface area contributed by atoms with Crippen LogP contribution >= 0.6 is 0 Å². The lowest BCUT2D eigenvalue weighted by atomic mass is 10.0. The van der Waals surface area contributed by atoms with Crippen LogP contribution in [0, 0.1) is 17.2 Å². The number of hydrogen-bond acceptors (Lipinski definition) is 9. The van der Waals surface area contributed by atoms with Crippen LogP contribution < -0.4 is 10.1 Å². The van der Waals surface area contributed by atoms with Crippen LogP contribution in [0.15, 0.2) is 59.0 Å². The van der Waals surface area contributed by atoms with Gasteiger partial charge in [-0.1, -0.05) is 44.2 Å². The van der Waals surface area contributed by atoms with E-state index in [1.165, 1.54) is 0 Å². The summed E-state index contributed by atoms with van der Waals surface area (Å²) < 4.78 is 28.2. The van der Waals surface area contributed by atoms with E-state index in [2.05, 4.69) is 10.2 Å². The van der Waals surface area contributed by atoms with Crippen LogP contribution in [0.2, 0.25) is 0 Å². The van der Waals surface area contributed by atoms with Gasteiger partial charge in [0.25, 0.3) is 5.91 Å². The number of rotatable bonds is 14. The molecule has 0 saturated carbocycles. The van der Waals surface area contributed by atoms with Crippen molar-refractivity contribution in [3.63, 3.8) is 0 Å². The zero-order valence-electron chi connectivity index (χ0n) is 23.5. The van der Waals surface area contributed by atoms with Crippen molar-refractivity contribution < 1.29 is 33.0 Å². The lowest BCUT2D eigenvalue weighted by Gasteiger charge is -2.26. The van der Waals surface area contributed by atoms with Crippen LogP contribution in [0.1, 0.15) is 36.4 Å². The SMILES string of the molecule is CC(C)CC(OC(=O)c1cc2cc(OCCN3CCOCC3)ccc2o1)C(=O)NC(C#N)COCc1ccccc1. The van der Waals surface area contributed by atoms with E-state index in [0.29, 0.717) is 29.9 Å². The Morgan fingerprint density at radius 1 is 1.10 bits per heavy atom. The van der Waals surface area contributed by atoms with Crippen LogP contribution in [0.4, 0.5) is 0 Å². The Bertz CT molecular complexity index is 1310. The lowest BCUT2D eigenvalue weighted by molar-refractivity contribution is -0.131. The third kappa shape index (κ3) is 9.32. The highest BCUT2D eigenvalue weighted by atomic mass is 16.6. The van der Waals surface area contributed by atoms with Gasteiger partial charge in [-0.05, 0) is 42.2 Å². The molecule has 10 nitrogen and oxygen atoms in total. The van der Waals surface area contributed by atoms with Crippen molar-refractivity contribution in [2.75, 3.05) is 46.1 Å². The molecule has 1 saturated heterocycles. The third-order valence-corrected chi connectivity index (χ3v) is 6.56. The largest absolute Gasteiger partial charge is 0.492 e. The van der Waals surface area contributed by atoms with Crippen LogP contribution in [0.25, 0.3) is 11.0 Å². The number of nitrogens with zero attached hydrogens (tertiary/aromatic N) is 2. The molecule has 2 aromatic carbocycles. The predicted octanol–water partition coefficient (Wildman–Crippen LogP) is 3.94. The number of amides is 1. The molecule has 1 fully saturated rings. The second-order valence-electron chi connectivity index (χ2n) is 10.3. The van der Waals surface area contributed by atoms with Gasteiger partial charge in [0.15, 0.2) is 6.10 Å². The summed E-state index contributed by atoms with van der Waals surface area (Å²) in [6, 6.07) is 17.6. The van der Waals surface area contributed by atoms with Crippen LogP contribution in [-0.4, -0.2) is 75.0 Å². The van der Waals surface area contributed by atoms with Crippen molar-refractivity contribution in [3.8, 4) is 11.8 Å². The number of ether oxygens (including phenoxy) is 4. The molecule has 1 N–H and O–H groups in total.